The van der Waals surface area contributed by atoms with Gasteiger partial charge in [-0.25, -0.2) is 9.37 Å². The van der Waals surface area contributed by atoms with Crippen LogP contribution in [-0.2, 0) is 11.3 Å². The average Bonchev–Trinajstić information content (AvgIpc) is 3.15. The second kappa shape index (κ2) is 7.97. The highest BCUT2D eigenvalue weighted by Crippen LogP contribution is 2.30. The average molecular weight is 408 g/mol. The number of carbonyl (C=O) groups is 1. The van der Waals surface area contributed by atoms with Gasteiger partial charge in [0.15, 0.2) is 0 Å². The van der Waals surface area contributed by atoms with Crippen molar-refractivity contribution in [3.63, 3.8) is 0 Å². The second-order valence-electron chi connectivity index (χ2n) is 6.62. The van der Waals surface area contributed by atoms with Gasteiger partial charge in [-0.2, -0.15) is 0 Å². The Morgan fingerprint density at radius 1 is 1.14 bits per heavy atom. The number of carbonyl (C=O) groups excluding carboxylic acids is 1. The third kappa shape index (κ3) is 4.09. The third-order valence-corrected chi connectivity index (χ3v) is 5.41. The Morgan fingerprint density at radius 3 is 2.59 bits per heavy atom. The molecule has 0 saturated carbocycles. The van der Waals surface area contributed by atoms with Crippen molar-refractivity contribution in [1.29, 1.82) is 0 Å². The summed E-state index contributed by atoms with van der Waals surface area (Å²) in [7, 11) is 0. The fourth-order valence-electron chi connectivity index (χ4n) is 2.97. The minimum atomic E-state index is -0.507. The number of aryl methyl sites for hydroxylation is 2. The summed E-state index contributed by atoms with van der Waals surface area (Å²) < 4.78 is 19.5. The maximum atomic E-state index is 13.0. The standard InChI is InChI=1S/C22H17FN2O3S/c1-14-2-4-15(5-3-14)18-12-29-21-20(18)22(27)25(13-24-21)11-10-19(26)28-17-8-6-16(23)7-9-17/h2-9,12-13H,10-11H2,1H3. The van der Waals surface area contributed by atoms with Crippen molar-refractivity contribution in [3.8, 4) is 16.9 Å². The molecule has 0 fully saturated rings. The van der Waals surface area contributed by atoms with Crippen molar-refractivity contribution in [3.05, 3.63) is 82.0 Å². The number of benzene rings is 2. The number of ether oxygens (including phenoxy) is 1. The van der Waals surface area contributed by atoms with Gasteiger partial charge in [-0.15, -0.1) is 11.3 Å². The van der Waals surface area contributed by atoms with Gasteiger partial charge >= 0.3 is 5.97 Å². The van der Waals surface area contributed by atoms with Crippen LogP contribution in [0, 0.1) is 12.7 Å². The predicted molar refractivity (Wildman–Crippen MR) is 111 cm³/mol. The fraction of sp³-hybridized carbons (Fsp3) is 0.136. The molecule has 4 aromatic rings. The molecule has 0 aliphatic heterocycles. The summed E-state index contributed by atoms with van der Waals surface area (Å²) in [5.41, 5.74) is 2.74. The van der Waals surface area contributed by atoms with E-state index in [-0.39, 0.29) is 24.3 Å². The summed E-state index contributed by atoms with van der Waals surface area (Å²) >= 11 is 1.42. The number of halogens is 1. The first-order valence-corrected chi connectivity index (χ1v) is 9.89. The third-order valence-electron chi connectivity index (χ3n) is 4.53. The van der Waals surface area contributed by atoms with Crippen LogP contribution in [0.3, 0.4) is 0 Å². The number of fused-ring (bicyclic) bond motifs is 1. The summed E-state index contributed by atoms with van der Waals surface area (Å²) in [5.74, 6) is -0.652. The van der Waals surface area contributed by atoms with Crippen molar-refractivity contribution in [2.24, 2.45) is 0 Å². The number of nitrogens with zero attached hydrogens (tertiary/aromatic N) is 2. The van der Waals surface area contributed by atoms with Gasteiger partial charge in [0.05, 0.1) is 18.1 Å². The Balaban J connectivity index is 1.55. The van der Waals surface area contributed by atoms with Crippen LogP contribution in [0.1, 0.15) is 12.0 Å². The van der Waals surface area contributed by atoms with Crippen LogP contribution in [0.4, 0.5) is 4.39 Å². The number of rotatable bonds is 5. The van der Waals surface area contributed by atoms with Gasteiger partial charge in [0.2, 0.25) is 0 Å². The number of hydrogen-bond donors (Lipinski definition) is 0. The molecular formula is C22H17FN2O3S. The molecule has 2 aromatic heterocycles. The molecule has 7 heteroatoms. The van der Waals surface area contributed by atoms with Gasteiger partial charge in [-0.1, -0.05) is 29.8 Å². The summed E-state index contributed by atoms with van der Waals surface area (Å²) in [6.45, 7) is 2.15. The van der Waals surface area contributed by atoms with Crippen LogP contribution in [0.5, 0.6) is 5.75 Å². The molecule has 0 amide bonds. The van der Waals surface area contributed by atoms with Crippen molar-refractivity contribution in [2.45, 2.75) is 19.9 Å². The molecule has 0 saturated heterocycles. The molecular weight excluding hydrogens is 391 g/mol. The van der Waals surface area contributed by atoms with E-state index in [4.69, 9.17) is 4.74 Å². The van der Waals surface area contributed by atoms with Gasteiger partial charge < -0.3 is 4.74 Å². The smallest absolute Gasteiger partial charge is 0.312 e. The SMILES string of the molecule is Cc1ccc(-c2csc3ncn(CCC(=O)Oc4ccc(F)cc4)c(=O)c23)cc1. The summed E-state index contributed by atoms with van der Waals surface area (Å²) in [6.07, 6.45) is 1.44. The molecule has 0 unspecified atom stereocenters. The van der Waals surface area contributed by atoms with E-state index in [1.54, 1.807) is 0 Å². The lowest BCUT2D eigenvalue weighted by molar-refractivity contribution is -0.134. The van der Waals surface area contributed by atoms with E-state index < -0.39 is 11.8 Å². The van der Waals surface area contributed by atoms with Crippen molar-refractivity contribution < 1.29 is 13.9 Å². The Morgan fingerprint density at radius 2 is 1.86 bits per heavy atom. The maximum absolute atomic E-state index is 13.0. The zero-order chi connectivity index (χ0) is 20.4. The highest BCUT2D eigenvalue weighted by molar-refractivity contribution is 7.17. The molecule has 2 aromatic carbocycles. The van der Waals surface area contributed by atoms with Crippen molar-refractivity contribution >= 4 is 27.5 Å². The summed E-state index contributed by atoms with van der Waals surface area (Å²) in [4.78, 5) is 30.1. The number of thiophene rings is 1. The quantitative estimate of drug-likeness (QED) is 0.359. The van der Waals surface area contributed by atoms with Crippen LogP contribution in [0.2, 0.25) is 0 Å². The van der Waals surface area contributed by atoms with Crippen LogP contribution >= 0.6 is 11.3 Å². The van der Waals surface area contributed by atoms with E-state index in [0.29, 0.717) is 10.2 Å². The molecule has 0 bridgehead atoms. The molecule has 2 heterocycles. The molecule has 5 nitrogen and oxygen atoms in total. The summed E-state index contributed by atoms with van der Waals surface area (Å²) in [5, 5.41) is 2.48. The van der Waals surface area contributed by atoms with Gasteiger partial charge in [-0.05, 0) is 36.8 Å². The lowest BCUT2D eigenvalue weighted by atomic mass is 10.1. The van der Waals surface area contributed by atoms with Crippen LogP contribution < -0.4 is 10.3 Å². The highest BCUT2D eigenvalue weighted by atomic mass is 32.1. The molecule has 29 heavy (non-hydrogen) atoms. The van der Waals surface area contributed by atoms with E-state index in [9.17, 15) is 14.0 Å². The zero-order valence-electron chi connectivity index (χ0n) is 15.6. The van der Waals surface area contributed by atoms with E-state index >= 15 is 0 Å². The fourth-order valence-corrected chi connectivity index (χ4v) is 3.88. The lowest BCUT2D eigenvalue weighted by Gasteiger charge is -2.07. The van der Waals surface area contributed by atoms with E-state index in [1.165, 1.54) is 46.5 Å². The maximum Gasteiger partial charge on any atom is 0.312 e. The molecule has 0 radical (unpaired) electrons. The first kappa shape index (κ1) is 19.0. The molecule has 0 aliphatic carbocycles. The van der Waals surface area contributed by atoms with Gasteiger partial charge in [0.1, 0.15) is 16.4 Å². The van der Waals surface area contributed by atoms with Crippen LogP contribution in [-0.4, -0.2) is 15.5 Å². The molecule has 4 rings (SSSR count). The van der Waals surface area contributed by atoms with Gasteiger partial charge in [0, 0.05) is 17.5 Å². The molecule has 0 atom stereocenters. The van der Waals surface area contributed by atoms with E-state index in [2.05, 4.69) is 4.98 Å². The molecule has 0 aliphatic rings. The molecule has 0 N–H and O–H groups in total. The zero-order valence-corrected chi connectivity index (χ0v) is 16.4. The minimum absolute atomic E-state index is 0.00548. The van der Waals surface area contributed by atoms with Crippen molar-refractivity contribution in [1.82, 2.24) is 9.55 Å². The highest BCUT2D eigenvalue weighted by Gasteiger charge is 2.14. The van der Waals surface area contributed by atoms with Crippen LogP contribution in [0.25, 0.3) is 21.3 Å². The second-order valence-corrected chi connectivity index (χ2v) is 7.47. The largest absolute Gasteiger partial charge is 0.426 e. The molecule has 0 spiro atoms. The van der Waals surface area contributed by atoms with Crippen LogP contribution in [0.15, 0.2) is 65.0 Å². The van der Waals surface area contributed by atoms with E-state index in [1.807, 2.05) is 36.6 Å². The monoisotopic (exact) mass is 408 g/mol. The summed E-state index contributed by atoms with van der Waals surface area (Å²) in [6, 6.07) is 13.2. The van der Waals surface area contributed by atoms with Gasteiger partial charge in [0.25, 0.3) is 5.56 Å². The molecule has 146 valence electrons. The van der Waals surface area contributed by atoms with Gasteiger partial charge in [-0.3, -0.25) is 14.2 Å². The lowest BCUT2D eigenvalue weighted by Crippen LogP contribution is -2.23. The van der Waals surface area contributed by atoms with Crippen molar-refractivity contribution in [2.75, 3.05) is 0 Å². The first-order valence-electron chi connectivity index (χ1n) is 9.01. The number of esters is 1. The van der Waals surface area contributed by atoms with E-state index in [0.717, 1.165) is 16.7 Å². The first-order chi connectivity index (χ1) is 14.0. The Kier molecular flexibility index (Phi) is 5.22. The predicted octanol–water partition coefficient (Wildman–Crippen LogP) is 4.57. The minimum Gasteiger partial charge on any atom is -0.426 e. The number of hydrogen-bond acceptors (Lipinski definition) is 5. The number of aromatic nitrogens is 2. The topological polar surface area (TPSA) is 61.2 Å². The normalized spacial score (nSPS) is 11.0. The Bertz CT molecular complexity index is 1230. The Labute approximate surface area is 170 Å². The Hall–Kier alpha value is -3.32.